The largest absolute Gasteiger partial charge is 0.343 e. The fourth-order valence-corrected chi connectivity index (χ4v) is 5.72. The zero-order chi connectivity index (χ0) is 19.5. The van der Waals surface area contributed by atoms with E-state index in [1.54, 1.807) is 6.20 Å². The molecular formula is C21H21N7O. The zero-order valence-corrected chi connectivity index (χ0v) is 16.1. The van der Waals surface area contributed by atoms with Gasteiger partial charge in [-0.25, -0.2) is 4.63 Å². The van der Waals surface area contributed by atoms with Gasteiger partial charge in [0.05, 0.1) is 23.8 Å². The van der Waals surface area contributed by atoms with Crippen molar-refractivity contribution < 1.29 is 4.63 Å². The van der Waals surface area contributed by atoms with E-state index in [0.29, 0.717) is 28.9 Å². The molecular weight excluding hydrogens is 366 g/mol. The molecule has 1 saturated carbocycles. The molecule has 0 amide bonds. The highest BCUT2D eigenvalue weighted by atomic mass is 16.6. The third-order valence-corrected chi connectivity index (χ3v) is 6.97. The Labute approximate surface area is 167 Å². The number of fused-ring (bicyclic) bond motifs is 5. The summed E-state index contributed by atoms with van der Waals surface area (Å²) < 4.78 is 4.99. The Balaban J connectivity index is 1.55. The van der Waals surface area contributed by atoms with Crippen molar-refractivity contribution in [2.24, 2.45) is 11.8 Å². The lowest BCUT2D eigenvalue weighted by Gasteiger charge is -2.50. The molecule has 7 rings (SSSR count). The maximum Gasteiger partial charge on any atom is 0.139 e. The number of piperidine rings is 2. The number of nitrogens with one attached hydrogen (secondary N) is 2. The highest BCUT2D eigenvalue weighted by molar-refractivity contribution is 5.80. The molecule has 5 heterocycles. The molecule has 3 aromatic rings. The molecule has 1 unspecified atom stereocenters. The van der Waals surface area contributed by atoms with Crippen LogP contribution in [0, 0.1) is 23.2 Å². The lowest BCUT2D eigenvalue weighted by molar-refractivity contribution is 0.0350. The Hall–Kier alpha value is -3.18. The van der Waals surface area contributed by atoms with Crippen LogP contribution in [-0.4, -0.2) is 45.0 Å². The van der Waals surface area contributed by atoms with Crippen LogP contribution in [0.25, 0.3) is 11.0 Å². The monoisotopic (exact) mass is 387 g/mol. The Morgan fingerprint density at radius 2 is 2.17 bits per heavy atom. The zero-order valence-electron chi connectivity index (χ0n) is 16.1. The lowest BCUT2D eigenvalue weighted by atomic mass is 9.69. The van der Waals surface area contributed by atoms with Crippen molar-refractivity contribution in [3.63, 3.8) is 0 Å². The third kappa shape index (κ3) is 2.37. The Bertz CT molecular complexity index is 1170. The summed E-state index contributed by atoms with van der Waals surface area (Å²) in [4.78, 5) is 2.46. The van der Waals surface area contributed by atoms with Crippen molar-refractivity contribution in [1.29, 1.82) is 5.26 Å². The van der Waals surface area contributed by atoms with Crippen molar-refractivity contribution in [3.05, 3.63) is 46.8 Å². The first kappa shape index (κ1) is 16.7. The minimum Gasteiger partial charge on any atom is -0.343 e. The predicted molar refractivity (Wildman–Crippen MR) is 106 cm³/mol. The van der Waals surface area contributed by atoms with Crippen LogP contribution < -0.4 is 5.32 Å². The fourth-order valence-electron chi connectivity index (χ4n) is 5.72. The summed E-state index contributed by atoms with van der Waals surface area (Å²) in [5, 5.41) is 29.3. The van der Waals surface area contributed by atoms with Crippen LogP contribution in [0.5, 0.6) is 0 Å². The first-order chi connectivity index (χ1) is 14.2. The minimum absolute atomic E-state index is 0.244. The number of hydrogen-bond donors (Lipinski definition) is 2. The first-order valence-electron chi connectivity index (χ1n) is 10.1. The van der Waals surface area contributed by atoms with Crippen LogP contribution in [0.1, 0.15) is 36.3 Å². The maximum absolute atomic E-state index is 10.3. The highest BCUT2D eigenvalue weighted by Crippen LogP contribution is 2.48. The molecule has 2 bridgehead atoms. The van der Waals surface area contributed by atoms with Gasteiger partial charge in [0, 0.05) is 29.8 Å². The summed E-state index contributed by atoms with van der Waals surface area (Å²) in [6, 6.07) is 8.82. The third-order valence-electron chi connectivity index (χ3n) is 6.97. The molecule has 2 N–H and O–H groups in total. The normalized spacial score (nSPS) is 29.0. The standard InChI is InChI=1S/C21H21N7O/c1-28-10-11-5-6-17(28)13(7-11)19-14(8-22)18(15-9-23-25-21(15)24-19)12-3-2-4-16-20(12)27-29-26-16/h2-4,9,11,13,17-18H,5-7,10H2,1H3,(H2,23,24,25)/t11-,13-,17+,18?/m0/s1. The Morgan fingerprint density at radius 1 is 1.24 bits per heavy atom. The number of H-pyrrole nitrogens is 1. The van der Waals surface area contributed by atoms with Crippen molar-refractivity contribution in [2.75, 3.05) is 18.9 Å². The topological polar surface area (TPSA) is 107 Å². The number of nitrogens with zero attached hydrogens (tertiary/aromatic N) is 5. The van der Waals surface area contributed by atoms with Gasteiger partial charge < -0.3 is 10.2 Å². The van der Waals surface area contributed by atoms with Gasteiger partial charge in [-0.2, -0.15) is 10.4 Å². The Morgan fingerprint density at radius 3 is 3.00 bits per heavy atom. The molecule has 4 aliphatic rings. The summed E-state index contributed by atoms with van der Waals surface area (Å²) in [5.74, 6) is 1.62. The molecule has 0 radical (unpaired) electrons. The van der Waals surface area contributed by atoms with Gasteiger partial charge >= 0.3 is 0 Å². The van der Waals surface area contributed by atoms with Crippen LogP contribution in [0.2, 0.25) is 0 Å². The molecule has 3 aliphatic heterocycles. The van der Waals surface area contributed by atoms with E-state index in [1.807, 2.05) is 18.2 Å². The van der Waals surface area contributed by atoms with E-state index in [1.165, 1.54) is 12.8 Å². The van der Waals surface area contributed by atoms with Gasteiger partial charge in [0.25, 0.3) is 0 Å². The van der Waals surface area contributed by atoms with E-state index in [2.05, 4.69) is 43.8 Å². The van der Waals surface area contributed by atoms with Crippen molar-refractivity contribution in [1.82, 2.24) is 25.4 Å². The molecule has 2 aromatic heterocycles. The first-order valence-corrected chi connectivity index (χ1v) is 10.1. The average Bonchev–Trinajstić information content (AvgIpc) is 3.41. The number of rotatable bonds is 2. The van der Waals surface area contributed by atoms with E-state index < -0.39 is 0 Å². The molecule has 146 valence electrons. The summed E-state index contributed by atoms with van der Waals surface area (Å²) in [6.45, 7) is 1.15. The van der Waals surface area contributed by atoms with E-state index in [9.17, 15) is 5.26 Å². The van der Waals surface area contributed by atoms with E-state index in [-0.39, 0.29) is 5.92 Å². The fraction of sp³-hybridized carbons (Fsp3) is 0.429. The van der Waals surface area contributed by atoms with Gasteiger partial charge in [0.15, 0.2) is 0 Å². The van der Waals surface area contributed by atoms with E-state index >= 15 is 0 Å². The summed E-state index contributed by atoms with van der Waals surface area (Å²) >= 11 is 0. The number of aromatic nitrogens is 4. The Kier molecular flexibility index (Phi) is 3.56. The second-order valence-electron chi connectivity index (χ2n) is 8.47. The molecule has 3 fully saturated rings. The number of allylic oxidation sites excluding steroid dienone is 1. The summed E-state index contributed by atoms with van der Waals surface area (Å²) in [6.07, 6.45) is 5.38. The second-order valence-corrected chi connectivity index (χ2v) is 8.47. The molecule has 8 nitrogen and oxygen atoms in total. The van der Waals surface area contributed by atoms with Gasteiger partial charge in [0.2, 0.25) is 0 Å². The quantitative estimate of drug-likeness (QED) is 0.696. The molecule has 1 aliphatic carbocycles. The van der Waals surface area contributed by atoms with Crippen LogP contribution in [-0.2, 0) is 0 Å². The maximum atomic E-state index is 10.3. The van der Waals surface area contributed by atoms with Crippen LogP contribution in [0.15, 0.2) is 40.3 Å². The van der Waals surface area contributed by atoms with Gasteiger partial charge in [-0.1, -0.05) is 12.1 Å². The highest BCUT2D eigenvalue weighted by Gasteiger charge is 2.44. The van der Waals surface area contributed by atoms with Crippen LogP contribution in [0.3, 0.4) is 0 Å². The average molecular weight is 387 g/mol. The van der Waals surface area contributed by atoms with Gasteiger partial charge in [-0.15, -0.1) is 0 Å². The SMILES string of the molecule is CN1C[C@H]2CC[C@@H]1[C@@H](C1=C(C#N)C(c3cccc4nonc34)c3cn[nH]c3N1)C2. The van der Waals surface area contributed by atoms with Crippen LogP contribution >= 0.6 is 0 Å². The smallest absolute Gasteiger partial charge is 0.139 e. The molecule has 2 saturated heterocycles. The van der Waals surface area contributed by atoms with Crippen LogP contribution in [0.4, 0.5) is 5.82 Å². The number of hydrogen-bond acceptors (Lipinski definition) is 7. The number of anilines is 1. The van der Waals surface area contributed by atoms with Gasteiger partial charge in [-0.05, 0) is 54.2 Å². The number of benzene rings is 1. The van der Waals surface area contributed by atoms with Crippen molar-refractivity contribution in [3.8, 4) is 6.07 Å². The lowest BCUT2D eigenvalue weighted by Crippen LogP contribution is -2.52. The molecule has 4 atom stereocenters. The minimum atomic E-state index is -0.244. The van der Waals surface area contributed by atoms with Gasteiger partial charge in [0.1, 0.15) is 16.9 Å². The predicted octanol–water partition coefficient (Wildman–Crippen LogP) is 3.01. The van der Waals surface area contributed by atoms with Crippen molar-refractivity contribution in [2.45, 2.75) is 31.2 Å². The molecule has 29 heavy (non-hydrogen) atoms. The molecule has 1 aromatic carbocycles. The van der Waals surface area contributed by atoms with E-state index in [0.717, 1.165) is 41.2 Å². The van der Waals surface area contributed by atoms with Crippen molar-refractivity contribution >= 4 is 16.9 Å². The summed E-state index contributed by atoms with van der Waals surface area (Å²) in [5.41, 5.74) is 5.05. The number of nitriles is 1. The van der Waals surface area contributed by atoms with E-state index in [4.69, 9.17) is 4.63 Å². The number of aromatic amines is 1. The second kappa shape index (κ2) is 6.16. The molecule has 0 spiro atoms. The summed E-state index contributed by atoms with van der Waals surface area (Å²) in [7, 11) is 2.21. The van der Waals surface area contributed by atoms with Gasteiger partial charge in [-0.3, -0.25) is 5.10 Å². The molecule has 8 heteroatoms.